The number of aromatic nitrogens is 2. The molecule has 2 aromatic rings. The lowest BCUT2D eigenvalue weighted by molar-refractivity contribution is -0.143. The first-order valence-corrected chi connectivity index (χ1v) is 8.03. The molecule has 0 radical (unpaired) electrons. The van der Waals surface area contributed by atoms with Crippen molar-refractivity contribution < 1.29 is 19.1 Å². The fourth-order valence-corrected chi connectivity index (χ4v) is 2.38. The van der Waals surface area contributed by atoms with Crippen LogP contribution in [-0.4, -0.2) is 41.9 Å². The summed E-state index contributed by atoms with van der Waals surface area (Å²) in [7, 11) is 2.90. The van der Waals surface area contributed by atoms with Crippen LogP contribution in [0.5, 0.6) is 5.75 Å². The first kappa shape index (κ1) is 18.5. The maximum atomic E-state index is 12.4. The summed E-state index contributed by atoms with van der Waals surface area (Å²) in [6.07, 6.45) is 2.18. The van der Waals surface area contributed by atoms with Crippen LogP contribution in [0.25, 0.3) is 5.69 Å². The second-order valence-electron chi connectivity index (χ2n) is 6.02. The Morgan fingerprint density at radius 3 is 2.40 bits per heavy atom. The van der Waals surface area contributed by atoms with E-state index in [0.29, 0.717) is 6.42 Å². The summed E-state index contributed by atoms with van der Waals surface area (Å²) < 4.78 is 11.5. The number of hydrogen-bond donors (Lipinski definition) is 1. The fraction of sp³-hybridized carbons (Fsp3) is 0.389. The van der Waals surface area contributed by atoms with E-state index in [-0.39, 0.29) is 11.6 Å². The number of carbonyl (C=O) groups excluding carboxylic acids is 2. The standard InChI is InChI=1S/C18H23N3O4/c1-12(2)11-16(18(23)25-4)19-17(22)15-9-10-21(20-15)13-5-7-14(24-3)8-6-13/h5-10,12,16H,11H2,1-4H3,(H,19,22)/t16-/m1/s1. The lowest BCUT2D eigenvalue weighted by Crippen LogP contribution is -2.42. The number of esters is 1. The largest absolute Gasteiger partial charge is 0.497 e. The van der Waals surface area contributed by atoms with E-state index < -0.39 is 17.9 Å². The molecular weight excluding hydrogens is 322 g/mol. The Bertz CT molecular complexity index is 722. The third kappa shape index (κ3) is 4.82. The minimum Gasteiger partial charge on any atom is -0.497 e. The molecule has 0 aliphatic heterocycles. The molecule has 1 atom stereocenters. The number of rotatable bonds is 7. The van der Waals surface area contributed by atoms with Crippen molar-refractivity contribution in [1.82, 2.24) is 15.1 Å². The van der Waals surface area contributed by atoms with E-state index in [1.54, 1.807) is 24.1 Å². The number of nitrogens with one attached hydrogen (secondary N) is 1. The SMILES string of the molecule is COC(=O)[C@@H](CC(C)C)NC(=O)c1ccn(-c2ccc(OC)cc2)n1. The summed E-state index contributed by atoms with van der Waals surface area (Å²) >= 11 is 0. The van der Waals surface area contributed by atoms with Gasteiger partial charge in [0, 0.05) is 6.20 Å². The Kier molecular flexibility index (Phi) is 6.16. The van der Waals surface area contributed by atoms with E-state index in [4.69, 9.17) is 9.47 Å². The van der Waals surface area contributed by atoms with Crippen molar-refractivity contribution in [2.45, 2.75) is 26.3 Å². The molecule has 0 saturated carbocycles. The van der Waals surface area contributed by atoms with Crippen molar-refractivity contribution in [2.24, 2.45) is 5.92 Å². The average Bonchev–Trinajstić information content (AvgIpc) is 3.10. The molecule has 0 unspecified atom stereocenters. The highest BCUT2D eigenvalue weighted by molar-refractivity contribution is 5.95. The molecular formula is C18H23N3O4. The molecule has 1 aromatic carbocycles. The van der Waals surface area contributed by atoms with E-state index in [2.05, 4.69) is 10.4 Å². The van der Waals surface area contributed by atoms with Crippen LogP contribution >= 0.6 is 0 Å². The van der Waals surface area contributed by atoms with E-state index in [0.717, 1.165) is 11.4 Å². The second-order valence-corrected chi connectivity index (χ2v) is 6.02. The zero-order valence-corrected chi connectivity index (χ0v) is 14.9. The molecule has 0 saturated heterocycles. The average molecular weight is 345 g/mol. The zero-order valence-electron chi connectivity index (χ0n) is 14.9. The van der Waals surface area contributed by atoms with Crippen molar-refractivity contribution in [3.8, 4) is 11.4 Å². The van der Waals surface area contributed by atoms with Crippen LogP contribution in [0.3, 0.4) is 0 Å². The number of ether oxygens (including phenoxy) is 2. The predicted molar refractivity (Wildman–Crippen MR) is 92.8 cm³/mol. The molecule has 134 valence electrons. The molecule has 0 fully saturated rings. The molecule has 7 heteroatoms. The predicted octanol–water partition coefficient (Wildman–Crippen LogP) is 2.20. The lowest BCUT2D eigenvalue weighted by Gasteiger charge is -2.17. The fourth-order valence-electron chi connectivity index (χ4n) is 2.38. The van der Waals surface area contributed by atoms with Gasteiger partial charge < -0.3 is 14.8 Å². The molecule has 2 rings (SSSR count). The van der Waals surface area contributed by atoms with Gasteiger partial charge in [0.1, 0.15) is 11.8 Å². The number of amides is 1. The zero-order chi connectivity index (χ0) is 18.4. The van der Waals surface area contributed by atoms with Gasteiger partial charge in [0.05, 0.1) is 19.9 Å². The Hall–Kier alpha value is -2.83. The van der Waals surface area contributed by atoms with E-state index in [1.165, 1.54) is 7.11 Å². The second kappa shape index (κ2) is 8.32. The van der Waals surface area contributed by atoms with Crippen LogP contribution in [0.15, 0.2) is 36.5 Å². The minimum atomic E-state index is -0.691. The normalized spacial score (nSPS) is 11.9. The van der Waals surface area contributed by atoms with Gasteiger partial charge in [-0.3, -0.25) is 4.79 Å². The summed E-state index contributed by atoms with van der Waals surface area (Å²) in [5, 5.41) is 6.95. The van der Waals surface area contributed by atoms with Crippen molar-refractivity contribution in [1.29, 1.82) is 0 Å². The number of hydrogen-bond acceptors (Lipinski definition) is 5. The summed E-state index contributed by atoms with van der Waals surface area (Å²) in [5.74, 6) is 0.102. The Balaban J connectivity index is 2.11. The van der Waals surface area contributed by atoms with Gasteiger partial charge in [0.15, 0.2) is 5.69 Å². The Morgan fingerprint density at radius 2 is 1.84 bits per heavy atom. The van der Waals surface area contributed by atoms with Crippen molar-refractivity contribution in [2.75, 3.05) is 14.2 Å². The van der Waals surface area contributed by atoms with Crippen LogP contribution in [-0.2, 0) is 9.53 Å². The lowest BCUT2D eigenvalue weighted by atomic mass is 10.0. The highest BCUT2D eigenvalue weighted by atomic mass is 16.5. The molecule has 25 heavy (non-hydrogen) atoms. The third-order valence-corrected chi connectivity index (χ3v) is 3.66. The summed E-state index contributed by atoms with van der Waals surface area (Å²) in [6, 6.07) is 8.21. The molecule has 7 nitrogen and oxygen atoms in total. The smallest absolute Gasteiger partial charge is 0.328 e. The van der Waals surface area contributed by atoms with E-state index in [1.807, 2.05) is 38.1 Å². The van der Waals surface area contributed by atoms with Gasteiger partial charge in [-0.05, 0) is 42.7 Å². The van der Waals surface area contributed by atoms with Crippen molar-refractivity contribution in [3.05, 3.63) is 42.2 Å². The van der Waals surface area contributed by atoms with Gasteiger partial charge in [-0.15, -0.1) is 0 Å². The summed E-state index contributed by atoms with van der Waals surface area (Å²) in [5.41, 5.74) is 1.03. The first-order valence-electron chi connectivity index (χ1n) is 8.03. The van der Waals surface area contributed by atoms with Gasteiger partial charge in [-0.1, -0.05) is 13.8 Å². The monoisotopic (exact) mass is 345 g/mol. The van der Waals surface area contributed by atoms with E-state index >= 15 is 0 Å². The molecule has 0 spiro atoms. The van der Waals surface area contributed by atoms with Crippen LogP contribution in [0.4, 0.5) is 0 Å². The summed E-state index contributed by atoms with van der Waals surface area (Å²) in [6.45, 7) is 3.95. The Morgan fingerprint density at radius 1 is 1.16 bits per heavy atom. The number of methoxy groups -OCH3 is 2. The molecule has 0 bridgehead atoms. The van der Waals surface area contributed by atoms with Crippen molar-refractivity contribution in [3.63, 3.8) is 0 Å². The minimum absolute atomic E-state index is 0.230. The molecule has 0 aliphatic carbocycles. The summed E-state index contributed by atoms with van der Waals surface area (Å²) in [4.78, 5) is 24.2. The van der Waals surface area contributed by atoms with Gasteiger partial charge in [-0.2, -0.15) is 5.10 Å². The Labute approximate surface area is 146 Å². The van der Waals surface area contributed by atoms with E-state index in [9.17, 15) is 9.59 Å². The molecule has 0 aliphatic rings. The third-order valence-electron chi connectivity index (χ3n) is 3.66. The molecule has 1 aromatic heterocycles. The maximum absolute atomic E-state index is 12.4. The highest BCUT2D eigenvalue weighted by Gasteiger charge is 2.24. The highest BCUT2D eigenvalue weighted by Crippen LogP contribution is 2.15. The van der Waals surface area contributed by atoms with Crippen molar-refractivity contribution >= 4 is 11.9 Å². The van der Waals surface area contributed by atoms with Gasteiger partial charge in [0.2, 0.25) is 0 Å². The number of benzene rings is 1. The maximum Gasteiger partial charge on any atom is 0.328 e. The molecule has 1 amide bonds. The topological polar surface area (TPSA) is 82.5 Å². The number of nitrogens with zero attached hydrogens (tertiary/aromatic N) is 2. The van der Waals surface area contributed by atoms with Crippen LogP contribution in [0.1, 0.15) is 30.8 Å². The van der Waals surface area contributed by atoms with Crippen LogP contribution < -0.4 is 10.1 Å². The van der Waals surface area contributed by atoms with Crippen LogP contribution in [0, 0.1) is 5.92 Å². The van der Waals surface area contributed by atoms with Gasteiger partial charge >= 0.3 is 5.97 Å². The number of carbonyl (C=O) groups is 2. The van der Waals surface area contributed by atoms with Crippen LogP contribution in [0.2, 0.25) is 0 Å². The van der Waals surface area contributed by atoms with Gasteiger partial charge in [-0.25, -0.2) is 9.48 Å². The molecule has 1 N–H and O–H groups in total. The molecule has 1 heterocycles. The van der Waals surface area contributed by atoms with Gasteiger partial charge in [0.25, 0.3) is 5.91 Å². The first-order chi connectivity index (χ1) is 11.9. The quantitative estimate of drug-likeness (QED) is 0.778.